The first-order chi connectivity index (χ1) is 10.3. The van der Waals surface area contributed by atoms with E-state index in [0.717, 1.165) is 38.4 Å². The molecular formula is C17H28N2O2. The van der Waals surface area contributed by atoms with Crippen LogP contribution in [0.1, 0.15) is 18.9 Å². The van der Waals surface area contributed by atoms with Gasteiger partial charge in [-0.3, -0.25) is 4.90 Å². The van der Waals surface area contributed by atoms with Gasteiger partial charge in [0.05, 0.1) is 19.8 Å². The van der Waals surface area contributed by atoms with E-state index in [1.807, 2.05) is 19.2 Å². The van der Waals surface area contributed by atoms with E-state index >= 15 is 0 Å². The average Bonchev–Trinajstić information content (AvgIpc) is 2.53. The molecule has 0 saturated carbocycles. The van der Waals surface area contributed by atoms with Crippen molar-refractivity contribution >= 4 is 0 Å². The highest BCUT2D eigenvalue weighted by molar-refractivity contribution is 5.34. The maximum Gasteiger partial charge on any atom is 0.122 e. The van der Waals surface area contributed by atoms with Crippen LogP contribution in [0.15, 0.2) is 24.3 Å². The largest absolute Gasteiger partial charge is 0.496 e. The summed E-state index contributed by atoms with van der Waals surface area (Å²) in [4.78, 5) is 2.50. The third-order valence-electron chi connectivity index (χ3n) is 4.17. The van der Waals surface area contributed by atoms with Gasteiger partial charge in [0, 0.05) is 19.1 Å². The van der Waals surface area contributed by atoms with E-state index in [0.29, 0.717) is 6.04 Å². The molecule has 1 aliphatic rings. The number of hydrogen-bond acceptors (Lipinski definition) is 4. The summed E-state index contributed by atoms with van der Waals surface area (Å²) < 4.78 is 11.5. The van der Waals surface area contributed by atoms with Crippen molar-refractivity contribution in [1.82, 2.24) is 10.2 Å². The van der Waals surface area contributed by atoms with E-state index in [9.17, 15) is 0 Å². The quantitative estimate of drug-likeness (QED) is 0.833. The van der Waals surface area contributed by atoms with E-state index in [4.69, 9.17) is 9.47 Å². The van der Waals surface area contributed by atoms with Crippen LogP contribution < -0.4 is 10.1 Å². The molecule has 21 heavy (non-hydrogen) atoms. The van der Waals surface area contributed by atoms with Gasteiger partial charge in [-0.25, -0.2) is 0 Å². The number of rotatable bonds is 7. The van der Waals surface area contributed by atoms with Gasteiger partial charge >= 0.3 is 0 Å². The Balaban J connectivity index is 2.02. The summed E-state index contributed by atoms with van der Waals surface area (Å²) in [6.07, 6.45) is 2.36. The molecule has 1 aromatic rings. The lowest BCUT2D eigenvalue weighted by atomic mass is 9.99. The van der Waals surface area contributed by atoms with Crippen molar-refractivity contribution in [3.05, 3.63) is 29.8 Å². The highest BCUT2D eigenvalue weighted by Gasteiger charge is 2.27. The Morgan fingerprint density at radius 3 is 2.95 bits per heavy atom. The van der Waals surface area contributed by atoms with Gasteiger partial charge in [-0.05, 0) is 38.1 Å². The number of para-hydroxylation sites is 1. The lowest BCUT2D eigenvalue weighted by Gasteiger charge is -2.37. The van der Waals surface area contributed by atoms with Crippen LogP contribution in [0, 0.1) is 0 Å². The molecule has 2 atom stereocenters. The Hall–Kier alpha value is -1.10. The molecule has 0 radical (unpaired) electrons. The molecule has 0 aromatic heterocycles. The minimum atomic E-state index is 0.236. The molecule has 2 unspecified atom stereocenters. The fourth-order valence-corrected chi connectivity index (χ4v) is 3.02. The molecule has 0 bridgehead atoms. The van der Waals surface area contributed by atoms with E-state index in [1.165, 1.54) is 12.0 Å². The monoisotopic (exact) mass is 292 g/mol. The SMILES string of the molecule is CCCN1CCOC(C(Cc2ccccc2OC)NC)C1. The van der Waals surface area contributed by atoms with Crippen molar-refractivity contribution in [3.63, 3.8) is 0 Å². The van der Waals surface area contributed by atoms with Crippen LogP contribution >= 0.6 is 0 Å². The van der Waals surface area contributed by atoms with Crippen molar-refractivity contribution in [1.29, 1.82) is 0 Å². The van der Waals surface area contributed by atoms with Crippen molar-refractivity contribution in [3.8, 4) is 5.75 Å². The number of ether oxygens (including phenoxy) is 2. The molecule has 4 nitrogen and oxygen atoms in total. The van der Waals surface area contributed by atoms with E-state index < -0.39 is 0 Å². The fourth-order valence-electron chi connectivity index (χ4n) is 3.02. The highest BCUT2D eigenvalue weighted by atomic mass is 16.5. The van der Waals surface area contributed by atoms with Gasteiger partial charge in [0.25, 0.3) is 0 Å². The van der Waals surface area contributed by atoms with Crippen LogP contribution in [-0.4, -0.2) is 57.4 Å². The zero-order chi connectivity index (χ0) is 15.1. The molecule has 4 heteroatoms. The molecule has 1 fully saturated rings. The van der Waals surface area contributed by atoms with Crippen molar-refractivity contribution in [2.75, 3.05) is 40.4 Å². The van der Waals surface area contributed by atoms with E-state index in [1.54, 1.807) is 7.11 Å². The molecule has 1 aromatic carbocycles. The first kappa shape index (κ1) is 16.3. The lowest BCUT2D eigenvalue weighted by Crippen LogP contribution is -2.52. The zero-order valence-corrected chi connectivity index (χ0v) is 13.5. The second-order valence-corrected chi connectivity index (χ2v) is 5.62. The van der Waals surface area contributed by atoms with Crippen LogP contribution in [0.3, 0.4) is 0 Å². The molecule has 1 saturated heterocycles. The molecule has 1 aliphatic heterocycles. The van der Waals surface area contributed by atoms with E-state index in [2.05, 4.69) is 29.3 Å². The number of likely N-dealkylation sites (N-methyl/N-ethyl adjacent to an activating group) is 1. The molecule has 0 amide bonds. The third-order valence-corrected chi connectivity index (χ3v) is 4.17. The smallest absolute Gasteiger partial charge is 0.122 e. The van der Waals surface area contributed by atoms with Gasteiger partial charge in [-0.15, -0.1) is 0 Å². The predicted molar refractivity (Wildman–Crippen MR) is 86.0 cm³/mol. The molecule has 1 N–H and O–H groups in total. The van der Waals surface area contributed by atoms with Gasteiger partial charge in [-0.1, -0.05) is 25.1 Å². The fraction of sp³-hybridized carbons (Fsp3) is 0.647. The minimum absolute atomic E-state index is 0.236. The number of methoxy groups -OCH3 is 1. The van der Waals surface area contributed by atoms with Gasteiger partial charge in [0.1, 0.15) is 5.75 Å². The van der Waals surface area contributed by atoms with Crippen LogP contribution in [0.5, 0.6) is 5.75 Å². The summed E-state index contributed by atoms with van der Waals surface area (Å²) in [5.74, 6) is 0.957. The first-order valence-electron chi connectivity index (χ1n) is 7.91. The van der Waals surface area contributed by atoms with Gasteiger partial charge in [-0.2, -0.15) is 0 Å². The Kier molecular flexibility index (Phi) is 6.49. The van der Waals surface area contributed by atoms with Crippen LogP contribution in [0.25, 0.3) is 0 Å². The number of nitrogens with zero attached hydrogens (tertiary/aromatic N) is 1. The molecule has 118 valence electrons. The molecule has 0 spiro atoms. The third kappa shape index (κ3) is 4.43. The Labute approximate surface area is 128 Å². The second kappa shape index (κ2) is 8.37. The highest BCUT2D eigenvalue weighted by Crippen LogP contribution is 2.21. The van der Waals surface area contributed by atoms with E-state index in [-0.39, 0.29) is 6.10 Å². The van der Waals surface area contributed by atoms with Crippen molar-refractivity contribution < 1.29 is 9.47 Å². The zero-order valence-electron chi connectivity index (χ0n) is 13.5. The number of benzene rings is 1. The number of nitrogens with one attached hydrogen (secondary N) is 1. The maximum atomic E-state index is 6.01. The minimum Gasteiger partial charge on any atom is -0.496 e. The van der Waals surface area contributed by atoms with Gasteiger partial charge in [0.15, 0.2) is 0 Å². The molecule has 0 aliphatic carbocycles. The van der Waals surface area contributed by atoms with Crippen molar-refractivity contribution in [2.24, 2.45) is 0 Å². The van der Waals surface area contributed by atoms with Gasteiger partial charge < -0.3 is 14.8 Å². The summed E-state index contributed by atoms with van der Waals surface area (Å²) >= 11 is 0. The summed E-state index contributed by atoms with van der Waals surface area (Å²) in [6.45, 7) is 6.28. The molecular weight excluding hydrogens is 264 g/mol. The van der Waals surface area contributed by atoms with Crippen molar-refractivity contribution in [2.45, 2.75) is 31.9 Å². The summed E-state index contributed by atoms with van der Waals surface area (Å²) in [6, 6.07) is 8.54. The molecule has 2 rings (SSSR count). The molecule has 1 heterocycles. The number of morpholine rings is 1. The van der Waals surface area contributed by atoms with Gasteiger partial charge in [0.2, 0.25) is 0 Å². The number of hydrogen-bond donors (Lipinski definition) is 1. The Morgan fingerprint density at radius 2 is 2.24 bits per heavy atom. The topological polar surface area (TPSA) is 33.7 Å². The summed E-state index contributed by atoms with van der Waals surface area (Å²) in [5, 5.41) is 3.43. The standard InChI is InChI=1S/C17H28N2O2/c1-4-9-19-10-11-21-17(13-19)15(18-2)12-14-7-5-6-8-16(14)20-3/h5-8,15,17-18H,4,9-13H2,1-3H3. The summed E-state index contributed by atoms with van der Waals surface area (Å²) in [5.41, 5.74) is 1.23. The average molecular weight is 292 g/mol. The van der Waals surface area contributed by atoms with Crippen LogP contribution in [-0.2, 0) is 11.2 Å². The summed E-state index contributed by atoms with van der Waals surface area (Å²) in [7, 11) is 3.75. The van der Waals surface area contributed by atoms with Crippen LogP contribution in [0.2, 0.25) is 0 Å². The normalized spacial score (nSPS) is 21.2. The second-order valence-electron chi connectivity index (χ2n) is 5.62. The maximum absolute atomic E-state index is 6.01. The predicted octanol–water partition coefficient (Wildman–Crippen LogP) is 1.94. The first-order valence-corrected chi connectivity index (χ1v) is 7.91. The van der Waals surface area contributed by atoms with Crippen LogP contribution in [0.4, 0.5) is 0 Å². The lowest BCUT2D eigenvalue weighted by molar-refractivity contribution is -0.0451. The Morgan fingerprint density at radius 1 is 1.43 bits per heavy atom. The Bertz CT molecular complexity index is 423.